The summed E-state index contributed by atoms with van der Waals surface area (Å²) in [7, 11) is 1.60. The molecular formula is C14H18N2O4. The zero-order valence-electron chi connectivity index (χ0n) is 11.6. The fraction of sp³-hybridized carbons (Fsp3) is 0.571. The summed E-state index contributed by atoms with van der Waals surface area (Å²) in [5.74, 6) is -0.173. The van der Waals surface area contributed by atoms with Gasteiger partial charge in [-0.2, -0.15) is 0 Å². The molecule has 6 nitrogen and oxygen atoms in total. The molecular weight excluding hydrogens is 260 g/mol. The van der Waals surface area contributed by atoms with E-state index in [1.54, 1.807) is 18.0 Å². The van der Waals surface area contributed by atoms with Gasteiger partial charge < -0.3 is 19.4 Å². The fourth-order valence-corrected chi connectivity index (χ4v) is 3.14. The molecule has 0 aliphatic carbocycles. The maximum atomic E-state index is 12.6. The number of nitrogens with one attached hydrogen (secondary N) is 1. The molecule has 3 rings (SSSR count). The number of hydrogen-bond donors (Lipinski definition) is 1. The van der Waals surface area contributed by atoms with Gasteiger partial charge in [0.25, 0.3) is 5.91 Å². The Morgan fingerprint density at radius 1 is 1.45 bits per heavy atom. The average Bonchev–Trinajstić information content (AvgIpc) is 3.12. The molecule has 2 fully saturated rings. The first-order chi connectivity index (χ1) is 9.63. The van der Waals surface area contributed by atoms with E-state index >= 15 is 0 Å². The van der Waals surface area contributed by atoms with Crippen LogP contribution < -0.4 is 5.32 Å². The van der Waals surface area contributed by atoms with Gasteiger partial charge in [-0.1, -0.05) is 0 Å². The van der Waals surface area contributed by atoms with Crippen LogP contribution >= 0.6 is 0 Å². The molecule has 1 aromatic rings. The number of carbonyl (C=O) groups is 2. The first-order valence-corrected chi connectivity index (χ1v) is 6.81. The Balaban J connectivity index is 1.85. The van der Waals surface area contributed by atoms with Crippen molar-refractivity contribution in [2.24, 2.45) is 5.92 Å². The highest BCUT2D eigenvalue weighted by Crippen LogP contribution is 2.34. The maximum absolute atomic E-state index is 12.6. The van der Waals surface area contributed by atoms with Crippen molar-refractivity contribution in [1.29, 1.82) is 0 Å². The summed E-state index contributed by atoms with van der Waals surface area (Å²) in [5.41, 5.74) is 0.814. The minimum Gasteiger partial charge on any atom is -0.459 e. The van der Waals surface area contributed by atoms with Crippen LogP contribution in [0.1, 0.15) is 22.5 Å². The highest BCUT2D eigenvalue weighted by atomic mass is 16.5. The van der Waals surface area contributed by atoms with Gasteiger partial charge in [0.1, 0.15) is 0 Å². The monoisotopic (exact) mass is 278 g/mol. The summed E-state index contributed by atoms with van der Waals surface area (Å²) in [6.07, 6.45) is 2.08. The number of nitrogens with zero attached hydrogens (tertiary/aromatic N) is 1. The topological polar surface area (TPSA) is 71.8 Å². The molecule has 0 spiro atoms. The molecule has 3 atom stereocenters. The van der Waals surface area contributed by atoms with Crippen LogP contribution in [0.4, 0.5) is 0 Å². The van der Waals surface area contributed by atoms with Crippen molar-refractivity contribution in [1.82, 2.24) is 10.2 Å². The van der Waals surface area contributed by atoms with Crippen LogP contribution in [0.15, 0.2) is 16.7 Å². The normalized spacial score (nSPS) is 28.5. The summed E-state index contributed by atoms with van der Waals surface area (Å²) in [4.78, 5) is 26.2. The van der Waals surface area contributed by atoms with Crippen molar-refractivity contribution in [2.45, 2.75) is 25.5 Å². The Labute approximate surface area is 117 Å². The van der Waals surface area contributed by atoms with Crippen LogP contribution in [0.2, 0.25) is 0 Å². The summed E-state index contributed by atoms with van der Waals surface area (Å²) in [6.45, 7) is 2.81. The van der Waals surface area contributed by atoms with E-state index in [4.69, 9.17) is 9.15 Å². The summed E-state index contributed by atoms with van der Waals surface area (Å²) >= 11 is 0. The number of aryl methyl sites for hydroxylation is 1. The van der Waals surface area contributed by atoms with E-state index in [2.05, 4.69) is 5.32 Å². The molecule has 2 aliphatic heterocycles. The molecule has 2 amide bonds. The van der Waals surface area contributed by atoms with Gasteiger partial charge in [-0.15, -0.1) is 0 Å². The Kier molecular flexibility index (Phi) is 3.25. The van der Waals surface area contributed by atoms with Crippen LogP contribution in [0.25, 0.3) is 0 Å². The summed E-state index contributed by atoms with van der Waals surface area (Å²) in [5, 5.41) is 2.64. The lowest BCUT2D eigenvalue weighted by atomic mass is 10.0. The van der Waals surface area contributed by atoms with Gasteiger partial charge in [-0.05, 0) is 19.4 Å². The quantitative estimate of drug-likeness (QED) is 0.858. The Hall–Kier alpha value is -1.82. The second-order valence-corrected chi connectivity index (χ2v) is 5.30. The lowest BCUT2D eigenvalue weighted by Crippen LogP contribution is -2.37. The van der Waals surface area contributed by atoms with Crippen LogP contribution in [0.3, 0.4) is 0 Å². The zero-order chi connectivity index (χ0) is 14.3. The lowest BCUT2D eigenvalue weighted by molar-refractivity contribution is -0.127. The van der Waals surface area contributed by atoms with E-state index in [9.17, 15) is 9.59 Å². The van der Waals surface area contributed by atoms with Crippen molar-refractivity contribution in [3.63, 3.8) is 0 Å². The van der Waals surface area contributed by atoms with E-state index in [-0.39, 0.29) is 29.9 Å². The molecule has 0 radical (unpaired) electrons. The van der Waals surface area contributed by atoms with Crippen LogP contribution in [0, 0.1) is 12.8 Å². The van der Waals surface area contributed by atoms with Gasteiger partial charge in [-0.3, -0.25) is 9.59 Å². The van der Waals surface area contributed by atoms with E-state index in [1.165, 1.54) is 6.26 Å². The summed E-state index contributed by atoms with van der Waals surface area (Å²) in [6, 6.07) is 1.73. The van der Waals surface area contributed by atoms with Gasteiger partial charge in [0.05, 0.1) is 24.3 Å². The number of amides is 2. The standard InChI is InChI=1S/C14H18N2O4/c1-8-3-5-19-11(8)14(18)16-7-9(13(17)15-2)12-10(16)4-6-20-12/h3,5,9-10,12H,4,6-7H2,1-2H3,(H,15,17)/t9-,10+,12+/m0/s1. The lowest BCUT2D eigenvalue weighted by Gasteiger charge is -2.21. The number of carbonyl (C=O) groups excluding carboxylic acids is 2. The van der Waals surface area contributed by atoms with Crippen molar-refractivity contribution in [2.75, 3.05) is 20.2 Å². The molecule has 6 heteroatoms. The van der Waals surface area contributed by atoms with Crippen molar-refractivity contribution in [3.05, 3.63) is 23.7 Å². The van der Waals surface area contributed by atoms with Gasteiger partial charge in [0, 0.05) is 25.8 Å². The molecule has 108 valence electrons. The van der Waals surface area contributed by atoms with Gasteiger partial charge in [0.15, 0.2) is 5.76 Å². The molecule has 0 saturated carbocycles. The molecule has 20 heavy (non-hydrogen) atoms. The Morgan fingerprint density at radius 3 is 2.90 bits per heavy atom. The van der Waals surface area contributed by atoms with E-state index in [0.29, 0.717) is 18.9 Å². The first-order valence-electron chi connectivity index (χ1n) is 6.81. The minimum atomic E-state index is -0.299. The Morgan fingerprint density at radius 2 is 2.25 bits per heavy atom. The highest BCUT2D eigenvalue weighted by Gasteiger charge is 2.50. The minimum absolute atomic E-state index is 0.0331. The fourth-order valence-electron chi connectivity index (χ4n) is 3.14. The smallest absolute Gasteiger partial charge is 0.290 e. The third-order valence-corrected chi connectivity index (χ3v) is 4.19. The molecule has 3 heterocycles. The molecule has 1 aromatic heterocycles. The van der Waals surface area contributed by atoms with Crippen molar-refractivity contribution >= 4 is 11.8 Å². The van der Waals surface area contributed by atoms with Crippen LogP contribution in [-0.2, 0) is 9.53 Å². The molecule has 1 N–H and O–H groups in total. The Bertz CT molecular complexity index is 539. The molecule has 2 saturated heterocycles. The number of furan rings is 1. The molecule has 0 bridgehead atoms. The number of likely N-dealkylation sites (tertiary alicyclic amines) is 1. The average molecular weight is 278 g/mol. The van der Waals surface area contributed by atoms with E-state index in [1.807, 2.05) is 6.92 Å². The molecule has 0 unspecified atom stereocenters. The van der Waals surface area contributed by atoms with Crippen LogP contribution in [0.5, 0.6) is 0 Å². The predicted molar refractivity (Wildman–Crippen MR) is 70.2 cm³/mol. The second kappa shape index (κ2) is 4.94. The van der Waals surface area contributed by atoms with Crippen LogP contribution in [-0.4, -0.2) is 49.1 Å². The molecule has 0 aromatic carbocycles. The number of fused-ring (bicyclic) bond motifs is 1. The maximum Gasteiger partial charge on any atom is 0.290 e. The third kappa shape index (κ3) is 1.91. The zero-order valence-corrected chi connectivity index (χ0v) is 11.6. The van der Waals surface area contributed by atoms with E-state index < -0.39 is 0 Å². The predicted octanol–water partition coefficient (Wildman–Crippen LogP) is 0.564. The largest absolute Gasteiger partial charge is 0.459 e. The third-order valence-electron chi connectivity index (χ3n) is 4.19. The van der Waals surface area contributed by atoms with Crippen molar-refractivity contribution in [3.8, 4) is 0 Å². The number of ether oxygens (including phenoxy) is 1. The second-order valence-electron chi connectivity index (χ2n) is 5.30. The van der Waals surface area contributed by atoms with Crippen molar-refractivity contribution < 1.29 is 18.7 Å². The molecule has 2 aliphatic rings. The van der Waals surface area contributed by atoms with E-state index in [0.717, 1.165) is 12.0 Å². The van der Waals surface area contributed by atoms with Gasteiger partial charge >= 0.3 is 0 Å². The number of rotatable bonds is 2. The SMILES string of the molecule is CNC(=O)[C@H]1CN(C(=O)c2occc2C)[C@@H]2CCO[C@H]12. The summed E-state index contributed by atoms with van der Waals surface area (Å²) < 4.78 is 10.9. The van der Waals surface area contributed by atoms with Gasteiger partial charge in [0.2, 0.25) is 5.91 Å². The highest BCUT2D eigenvalue weighted by molar-refractivity contribution is 5.94. The first kappa shape index (κ1) is 13.2. The van der Waals surface area contributed by atoms with Gasteiger partial charge in [-0.25, -0.2) is 0 Å². The number of hydrogen-bond acceptors (Lipinski definition) is 4.